The average molecular weight is 393 g/mol. The van der Waals surface area contributed by atoms with Crippen LogP contribution in [0, 0.1) is 6.92 Å². The Balaban J connectivity index is 1.53. The number of rotatable bonds is 6. The highest BCUT2D eigenvalue weighted by Gasteiger charge is 2.14. The van der Waals surface area contributed by atoms with Gasteiger partial charge in [-0.1, -0.05) is 36.4 Å². The van der Waals surface area contributed by atoms with E-state index in [1.54, 1.807) is 24.3 Å². The predicted molar refractivity (Wildman–Crippen MR) is 108 cm³/mol. The highest BCUT2D eigenvalue weighted by Crippen LogP contribution is 2.18. The molecule has 0 aliphatic carbocycles. The number of aryl methyl sites for hydroxylation is 1. The summed E-state index contributed by atoms with van der Waals surface area (Å²) in [5, 5.41) is 9.17. The number of nitrogens with zero attached hydrogens (tertiary/aromatic N) is 4. The third-order valence-electron chi connectivity index (χ3n) is 4.37. The quantitative estimate of drug-likeness (QED) is 0.545. The van der Waals surface area contributed by atoms with Gasteiger partial charge in [-0.2, -0.15) is 0 Å². The van der Waals surface area contributed by atoms with Gasteiger partial charge >= 0.3 is 5.69 Å². The van der Waals surface area contributed by atoms with Gasteiger partial charge in [-0.25, -0.2) is 18.9 Å². The molecular formula is C20H19N5O2S. The summed E-state index contributed by atoms with van der Waals surface area (Å²) >= 11 is 1.66. The average Bonchev–Trinajstić information content (AvgIpc) is 3.31. The van der Waals surface area contributed by atoms with Crippen molar-refractivity contribution in [3.8, 4) is 11.3 Å². The maximum Gasteiger partial charge on any atom is 0.352 e. The monoisotopic (exact) mass is 393 g/mol. The minimum atomic E-state index is -0.368. The molecule has 4 aromatic rings. The molecule has 1 N–H and O–H groups in total. The van der Waals surface area contributed by atoms with Crippen molar-refractivity contribution >= 4 is 22.9 Å². The normalized spacial score (nSPS) is 11.0. The van der Waals surface area contributed by atoms with Crippen LogP contribution in [0.1, 0.15) is 10.7 Å². The number of hydrogen-bond donors (Lipinski definition) is 1. The molecule has 0 saturated heterocycles. The highest BCUT2D eigenvalue weighted by atomic mass is 32.1. The van der Waals surface area contributed by atoms with Gasteiger partial charge in [0.05, 0.1) is 5.69 Å². The second kappa shape index (κ2) is 7.77. The highest BCUT2D eigenvalue weighted by molar-refractivity contribution is 7.09. The first kappa shape index (κ1) is 18.1. The lowest BCUT2D eigenvalue weighted by Gasteiger charge is -2.03. The molecule has 0 aliphatic heterocycles. The number of carbonyl (C=O) groups excluding carboxylic acids is 1. The summed E-state index contributed by atoms with van der Waals surface area (Å²) in [6, 6.07) is 15.5. The first-order valence-electron chi connectivity index (χ1n) is 8.93. The van der Waals surface area contributed by atoms with Crippen molar-refractivity contribution in [1.82, 2.24) is 24.5 Å². The number of nitrogens with one attached hydrogen (secondary N) is 1. The van der Waals surface area contributed by atoms with Gasteiger partial charge in [-0.3, -0.25) is 4.79 Å². The number of carbonyl (C=O) groups is 1. The molecule has 7 nitrogen and oxygen atoms in total. The lowest BCUT2D eigenvalue weighted by molar-refractivity contribution is -0.121. The Hall–Kier alpha value is -3.26. The molecule has 1 aromatic carbocycles. The topological polar surface area (TPSA) is 81.3 Å². The Kier molecular flexibility index (Phi) is 5.03. The van der Waals surface area contributed by atoms with E-state index < -0.39 is 0 Å². The molecule has 0 atom stereocenters. The van der Waals surface area contributed by atoms with Crippen LogP contribution in [-0.4, -0.2) is 31.6 Å². The maximum absolute atomic E-state index is 12.6. The summed E-state index contributed by atoms with van der Waals surface area (Å²) in [7, 11) is 0. The second-order valence-corrected chi connectivity index (χ2v) is 7.40. The van der Waals surface area contributed by atoms with Crippen LogP contribution in [0.3, 0.4) is 0 Å². The Bertz CT molecular complexity index is 1160. The Morgan fingerprint density at radius 1 is 1.18 bits per heavy atom. The van der Waals surface area contributed by atoms with Crippen molar-refractivity contribution in [3.05, 3.63) is 75.1 Å². The first-order valence-corrected chi connectivity index (χ1v) is 9.81. The SMILES string of the molecule is Cc1nc(-c2ccccc2)cc2nn(CC(=O)NCCc3cccs3)c(=O)n12. The molecule has 0 aliphatic rings. The number of thiophene rings is 1. The van der Waals surface area contributed by atoms with Crippen LogP contribution in [-0.2, 0) is 17.8 Å². The van der Waals surface area contributed by atoms with Crippen LogP contribution >= 0.6 is 11.3 Å². The molecular weight excluding hydrogens is 374 g/mol. The third-order valence-corrected chi connectivity index (χ3v) is 5.31. The van der Waals surface area contributed by atoms with E-state index in [4.69, 9.17) is 0 Å². The van der Waals surface area contributed by atoms with E-state index in [2.05, 4.69) is 15.4 Å². The molecule has 0 spiro atoms. The fraction of sp³-hybridized carbons (Fsp3) is 0.200. The molecule has 0 saturated carbocycles. The molecule has 3 heterocycles. The van der Waals surface area contributed by atoms with Gasteiger partial charge in [-0.05, 0) is 24.8 Å². The van der Waals surface area contributed by atoms with Gasteiger partial charge in [0.2, 0.25) is 5.91 Å². The van der Waals surface area contributed by atoms with Gasteiger partial charge in [0.1, 0.15) is 12.4 Å². The Morgan fingerprint density at radius 3 is 2.75 bits per heavy atom. The molecule has 1 amide bonds. The standard InChI is InChI=1S/C20H19N5O2S/c1-14-22-17(15-6-3-2-4-7-15)12-18-23-24(20(27)25(14)18)13-19(26)21-10-9-16-8-5-11-28-16/h2-8,11-12H,9-10,13H2,1H3,(H,21,26). The second-order valence-electron chi connectivity index (χ2n) is 6.37. The molecule has 142 valence electrons. The zero-order valence-corrected chi connectivity index (χ0v) is 16.1. The van der Waals surface area contributed by atoms with E-state index >= 15 is 0 Å². The number of hydrogen-bond acceptors (Lipinski definition) is 5. The molecule has 0 unspecified atom stereocenters. The predicted octanol–water partition coefficient (Wildman–Crippen LogP) is 2.29. The van der Waals surface area contributed by atoms with Crippen molar-refractivity contribution < 1.29 is 4.79 Å². The van der Waals surface area contributed by atoms with Gasteiger partial charge < -0.3 is 5.32 Å². The van der Waals surface area contributed by atoms with E-state index in [1.165, 1.54) is 14.0 Å². The van der Waals surface area contributed by atoms with Crippen LogP contribution in [0.25, 0.3) is 16.9 Å². The zero-order valence-electron chi connectivity index (χ0n) is 15.3. The maximum atomic E-state index is 12.6. The smallest absolute Gasteiger partial charge is 0.352 e. The van der Waals surface area contributed by atoms with Crippen LogP contribution < -0.4 is 11.0 Å². The Morgan fingerprint density at radius 2 is 2.00 bits per heavy atom. The van der Waals surface area contributed by atoms with E-state index in [0.29, 0.717) is 18.0 Å². The van der Waals surface area contributed by atoms with E-state index in [1.807, 2.05) is 47.8 Å². The number of aromatic nitrogens is 4. The Labute approximate surface area is 165 Å². The number of benzene rings is 1. The number of amides is 1. The third kappa shape index (κ3) is 3.72. The van der Waals surface area contributed by atoms with Crippen molar-refractivity contribution in [1.29, 1.82) is 0 Å². The lowest BCUT2D eigenvalue weighted by Crippen LogP contribution is -2.34. The van der Waals surface area contributed by atoms with Crippen LogP contribution in [0.4, 0.5) is 0 Å². The van der Waals surface area contributed by atoms with Crippen LogP contribution in [0.15, 0.2) is 58.7 Å². The van der Waals surface area contributed by atoms with E-state index in [-0.39, 0.29) is 18.1 Å². The largest absolute Gasteiger partial charge is 0.354 e. The molecule has 3 aromatic heterocycles. The van der Waals surface area contributed by atoms with Crippen LogP contribution in [0.5, 0.6) is 0 Å². The lowest BCUT2D eigenvalue weighted by atomic mass is 10.1. The van der Waals surface area contributed by atoms with Gasteiger partial charge in [0, 0.05) is 23.1 Å². The number of fused-ring (bicyclic) bond motifs is 1. The van der Waals surface area contributed by atoms with Crippen LogP contribution in [0.2, 0.25) is 0 Å². The molecule has 0 bridgehead atoms. The summed E-state index contributed by atoms with van der Waals surface area (Å²) in [5.41, 5.74) is 1.79. The molecule has 8 heteroatoms. The fourth-order valence-corrected chi connectivity index (χ4v) is 3.74. The van der Waals surface area contributed by atoms with E-state index in [0.717, 1.165) is 17.7 Å². The molecule has 0 fully saturated rings. The van der Waals surface area contributed by atoms with Gasteiger partial charge in [0.15, 0.2) is 5.65 Å². The first-order chi connectivity index (χ1) is 13.6. The van der Waals surface area contributed by atoms with Crippen molar-refractivity contribution in [2.45, 2.75) is 19.9 Å². The fourth-order valence-electron chi connectivity index (χ4n) is 3.03. The van der Waals surface area contributed by atoms with Crippen molar-refractivity contribution in [3.63, 3.8) is 0 Å². The molecule has 0 radical (unpaired) electrons. The van der Waals surface area contributed by atoms with Crippen molar-refractivity contribution in [2.24, 2.45) is 0 Å². The summed E-state index contributed by atoms with van der Waals surface area (Å²) in [6.07, 6.45) is 0.771. The zero-order chi connectivity index (χ0) is 19.5. The summed E-state index contributed by atoms with van der Waals surface area (Å²) in [5.74, 6) is 0.293. The van der Waals surface area contributed by atoms with E-state index in [9.17, 15) is 9.59 Å². The molecule has 28 heavy (non-hydrogen) atoms. The summed E-state index contributed by atoms with van der Waals surface area (Å²) in [6.45, 7) is 2.17. The summed E-state index contributed by atoms with van der Waals surface area (Å²) in [4.78, 5) is 30.6. The minimum absolute atomic E-state index is 0.120. The van der Waals surface area contributed by atoms with Crippen molar-refractivity contribution in [2.75, 3.05) is 6.54 Å². The molecule has 4 rings (SSSR count). The minimum Gasteiger partial charge on any atom is -0.354 e. The van der Waals surface area contributed by atoms with Gasteiger partial charge in [-0.15, -0.1) is 16.4 Å². The summed E-state index contributed by atoms with van der Waals surface area (Å²) < 4.78 is 2.60. The van der Waals surface area contributed by atoms with Gasteiger partial charge in [0.25, 0.3) is 0 Å².